The zero-order valence-corrected chi connectivity index (χ0v) is 4.52. The van der Waals surface area contributed by atoms with Crippen LogP contribution in [0.1, 0.15) is 19.8 Å². The molecular weight excluding hydrogens is 86.1 g/mol. The van der Waals surface area contributed by atoms with Crippen LogP contribution >= 0.6 is 0 Å². The van der Waals surface area contributed by atoms with Crippen LogP contribution in [0, 0.1) is 0 Å². The van der Waals surface area contributed by atoms with E-state index >= 15 is 0 Å². The van der Waals surface area contributed by atoms with Crippen LogP contribution in [-0.4, -0.2) is 6.21 Å². The summed E-state index contributed by atoms with van der Waals surface area (Å²) in [5.74, 6) is 0. The molecule has 1 heteroatoms. The van der Waals surface area contributed by atoms with Gasteiger partial charge in [0.15, 0.2) is 0 Å². The Balaban J connectivity index is 2.52. The molecule has 38 valence electrons. The second-order valence-electron chi connectivity index (χ2n) is 1.60. The normalized spacial score (nSPS) is 17.6. The van der Waals surface area contributed by atoms with Crippen molar-refractivity contribution in [2.45, 2.75) is 19.8 Å². The summed E-state index contributed by atoms with van der Waals surface area (Å²) in [5.41, 5.74) is 1.24. The van der Waals surface area contributed by atoms with E-state index in [1.165, 1.54) is 5.70 Å². The Morgan fingerprint density at radius 1 is 1.86 bits per heavy atom. The minimum absolute atomic E-state index is 1.04. The van der Waals surface area contributed by atoms with Crippen molar-refractivity contribution in [3.8, 4) is 0 Å². The quantitative estimate of drug-likeness (QED) is 0.470. The molecule has 7 heavy (non-hydrogen) atoms. The van der Waals surface area contributed by atoms with Crippen molar-refractivity contribution in [2.75, 3.05) is 0 Å². The molecule has 1 heterocycles. The molecule has 0 aliphatic carbocycles. The second-order valence-corrected chi connectivity index (χ2v) is 1.60. The van der Waals surface area contributed by atoms with Crippen LogP contribution in [0.3, 0.4) is 0 Å². The third-order valence-electron chi connectivity index (χ3n) is 1.08. The van der Waals surface area contributed by atoms with Crippen LogP contribution in [0.4, 0.5) is 0 Å². The maximum Gasteiger partial charge on any atom is 0.0360 e. The minimum Gasteiger partial charge on any atom is -0.266 e. The van der Waals surface area contributed by atoms with Gasteiger partial charge < -0.3 is 0 Å². The molecule has 0 saturated carbocycles. The standard InChI is InChI=1S/C6H9N/c1-2-6-4-3-5-7-6/h4-5H,2-3H2,1H3. The number of nitrogens with zero attached hydrogens (tertiary/aromatic N) is 1. The van der Waals surface area contributed by atoms with E-state index in [4.69, 9.17) is 0 Å². The van der Waals surface area contributed by atoms with Crippen molar-refractivity contribution in [1.29, 1.82) is 0 Å². The van der Waals surface area contributed by atoms with Gasteiger partial charge in [0.05, 0.1) is 0 Å². The summed E-state index contributed by atoms with van der Waals surface area (Å²) in [4.78, 5) is 4.09. The average Bonchev–Trinajstić information content (AvgIpc) is 2.14. The first-order valence-electron chi connectivity index (χ1n) is 2.65. The first kappa shape index (κ1) is 4.57. The van der Waals surface area contributed by atoms with Crippen molar-refractivity contribution >= 4 is 6.21 Å². The maximum atomic E-state index is 4.09. The highest BCUT2D eigenvalue weighted by Gasteiger charge is 1.91. The van der Waals surface area contributed by atoms with E-state index in [2.05, 4.69) is 18.0 Å². The molecule has 0 amide bonds. The maximum absolute atomic E-state index is 4.09. The van der Waals surface area contributed by atoms with Crippen LogP contribution in [0.25, 0.3) is 0 Å². The highest BCUT2D eigenvalue weighted by Crippen LogP contribution is 2.07. The molecule has 1 aliphatic rings. The molecule has 0 aromatic rings. The lowest BCUT2D eigenvalue weighted by Crippen LogP contribution is -1.64. The van der Waals surface area contributed by atoms with Crippen LogP contribution < -0.4 is 0 Å². The lowest BCUT2D eigenvalue weighted by Gasteiger charge is -1.83. The molecule has 1 nitrogen and oxygen atoms in total. The zero-order chi connectivity index (χ0) is 5.11. The summed E-state index contributed by atoms with van der Waals surface area (Å²) in [6.45, 7) is 2.12. The highest BCUT2D eigenvalue weighted by atomic mass is 14.7. The van der Waals surface area contributed by atoms with E-state index in [0.29, 0.717) is 0 Å². The Hall–Kier alpha value is -0.590. The van der Waals surface area contributed by atoms with E-state index in [9.17, 15) is 0 Å². The van der Waals surface area contributed by atoms with E-state index in [0.717, 1.165) is 12.8 Å². The molecule has 1 aliphatic heterocycles. The fourth-order valence-electron chi connectivity index (χ4n) is 0.647. The third-order valence-corrected chi connectivity index (χ3v) is 1.08. The van der Waals surface area contributed by atoms with Gasteiger partial charge in [0.1, 0.15) is 0 Å². The van der Waals surface area contributed by atoms with Gasteiger partial charge >= 0.3 is 0 Å². The van der Waals surface area contributed by atoms with Gasteiger partial charge in [-0.2, -0.15) is 0 Å². The van der Waals surface area contributed by atoms with Crippen LogP contribution in [0.2, 0.25) is 0 Å². The number of rotatable bonds is 1. The summed E-state index contributed by atoms with van der Waals surface area (Å²) >= 11 is 0. The topological polar surface area (TPSA) is 12.4 Å². The summed E-state index contributed by atoms with van der Waals surface area (Å²) in [6, 6.07) is 0. The molecule has 0 radical (unpaired) electrons. The molecule has 0 aromatic carbocycles. The Morgan fingerprint density at radius 3 is 3.00 bits per heavy atom. The number of hydrogen-bond acceptors (Lipinski definition) is 1. The van der Waals surface area contributed by atoms with Crippen molar-refractivity contribution in [3.63, 3.8) is 0 Å². The fraction of sp³-hybridized carbons (Fsp3) is 0.500. The lowest BCUT2D eigenvalue weighted by atomic mass is 10.3. The third kappa shape index (κ3) is 0.889. The van der Waals surface area contributed by atoms with Gasteiger partial charge in [-0.15, -0.1) is 0 Å². The summed E-state index contributed by atoms with van der Waals surface area (Å²) < 4.78 is 0. The summed E-state index contributed by atoms with van der Waals surface area (Å²) in [7, 11) is 0. The Morgan fingerprint density at radius 2 is 2.71 bits per heavy atom. The second kappa shape index (κ2) is 1.92. The molecule has 0 bridgehead atoms. The minimum atomic E-state index is 1.04. The monoisotopic (exact) mass is 95.1 g/mol. The SMILES string of the molecule is CCC1=CCC=N1. The van der Waals surface area contributed by atoms with E-state index < -0.39 is 0 Å². The van der Waals surface area contributed by atoms with Gasteiger partial charge in [0, 0.05) is 18.3 Å². The van der Waals surface area contributed by atoms with E-state index in [-0.39, 0.29) is 0 Å². The fourth-order valence-corrected chi connectivity index (χ4v) is 0.647. The van der Waals surface area contributed by atoms with Crippen molar-refractivity contribution in [1.82, 2.24) is 0 Å². The molecule has 0 spiro atoms. The van der Waals surface area contributed by atoms with Crippen LogP contribution in [-0.2, 0) is 0 Å². The molecule has 0 aromatic heterocycles. The molecule has 0 saturated heterocycles. The van der Waals surface area contributed by atoms with Crippen molar-refractivity contribution in [3.05, 3.63) is 11.8 Å². The molecule has 0 N–H and O–H groups in total. The van der Waals surface area contributed by atoms with Crippen molar-refractivity contribution < 1.29 is 0 Å². The predicted molar refractivity (Wildman–Crippen MR) is 31.5 cm³/mol. The molecule has 0 unspecified atom stereocenters. The van der Waals surface area contributed by atoms with Gasteiger partial charge in [-0.1, -0.05) is 13.0 Å². The molecule has 1 rings (SSSR count). The largest absolute Gasteiger partial charge is 0.266 e. The number of aliphatic imine (C=N–C) groups is 1. The van der Waals surface area contributed by atoms with Gasteiger partial charge in [-0.3, -0.25) is 4.99 Å². The summed E-state index contributed by atoms with van der Waals surface area (Å²) in [5, 5.41) is 0. The van der Waals surface area contributed by atoms with Crippen LogP contribution in [0.5, 0.6) is 0 Å². The number of allylic oxidation sites excluding steroid dienone is 2. The molecule has 0 atom stereocenters. The summed E-state index contributed by atoms with van der Waals surface area (Å²) in [6.07, 6.45) is 6.22. The van der Waals surface area contributed by atoms with Crippen LogP contribution in [0.15, 0.2) is 16.8 Å². The lowest BCUT2D eigenvalue weighted by molar-refractivity contribution is 1.08. The first-order valence-corrected chi connectivity index (χ1v) is 2.65. The average molecular weight is 95.1 g/mol. The Labute approximate surface area is 43.8 Å². The highest BCUT2D eigenvalue weighted by molar-refractivity contribution is 5.64. The number of hydrogen-bond donors (Lipinski definition) is 0. The zero-order valence-electron chi connectivity index (χ0n) is 4.52. The van der Waals surface area contributed by atoms with Gasteiger partial charge in [-0.25, -0.2) is 0 Å². The smallest absolute Gasteiger partial charge is 0.0360 e. The first-order chi connectivity index (χ1) is 3.43. The van der Waals surface area contributed by atoms with E-state index in [1.54, 1.807) is 0 Å². The van der Waals surface area contributed by atoms with Gasteiger partial charge in [-0.05, 0) is 6.42 Å². The van der Waals surface area contributed by atoms with E-state index in [1.807, 2.05) is 6.21 Å². The Kier molecular flexibility index (Phi) is 1.25. The Bertz CT molecular complexity index is 111. The van der Waals surface area contributed by atoms with Gasteiger partial charge in [0.2, 0.25) is 0 Å². The van der Waals surface area contributed by atoms with Gasteiger partial charge in [0.25, 0.3) is 0 Å². The molecule has 0 fully saturated rings. The van der Waals surface area contributed by atoms with Crippen molar-refractivity contribution in [2.24, 2.45) is 4.99 Å². The predicted octanol–water partition coefficient (Wildman–Crippen LogP) is 1.75. The molecular formula is C6H9N.